The number of hydrogen-bond acceptors (Lipinski definition) is 7. The van der Waals surface area contributed by atoms with Crippen molar-refractivity contribution < 1.29 is 22.2 Å². The fraction of sp³-hybridized carbons (Fsp3) is 0.294. The largest absolute Gasteiger partial charge is 0.459 e. The van der Waals surface area contributed by atoms with Crippen LogP contribution in [0.15, 0.2) is 50.6 Å². The Morgan fingerprint density at radius 2 is 2.00 bits per heavy atom. The highest BCUT2D eigenvalue weighted by atomic mass is 32.2. The third kappa shape index (κ3) is 3.31. The van der Waals surface area contributed by atoms with Gasteiger partial charge < -0.3 is 13.8 Å². The molecule has 1 aliphatic heterocycles. The summed E-state index contributed by atoms with van der Waals surface area (Å²) >= 11 is 1.35. The van der Waals surface area contributed by atoms with Crippen LogP contribution >= 0.6 is 11.3 Å². The maximum absolute atomic E-state index is 13.1. The van der Waals surface area contributed by atoms with Crippen molar-refractivity contribution in [3.05, 3.63) is 47.4 Å². The van der Waals surface area contributed by atoms with E-state index >= 15 is 0 Å². The summed E-state index contributed by atoms with van der Waals surface area (Å²) in [6.07, 6.45) is 2.97. The quantitative estimate of drug-likeness (QED) is 0.659. The van der Waals surface area contributed by atoms with Gasteiger partial charge in [0.25, 0.3) is 5.91 Å². The molecule has 27 heavy (non-hydrogen) atoms. The zero-order valence-electron chi connectivity index (χ0n) is 14.5. The van der Waals surface area contributed by atoms with E-state index in [4.69, 9.17) is 8.94 Å². The van der Waals surface area contributed by atoms with Gasteiger partial charge in [0.15, 0.2) is 11.5 Å². The van der Waals surface area contributed by atoms with Gasteiger partial charge in [-0.3, -0.25) is 4.79 Å². The van der Waals surface area contributed by atoms with Crippen molar-refractivity contribution in [2.75, 3.05) is 26.2 Å². The second-order valence-electron chi connectivity index (χ2n) is 6.08. The van der Waals surface area contributed by atoms with Crippen molar-refractivity contribution in [3.63, 3.8) is 0 Å². The molecule has 0 aliphatic carbocycles. The molecule has 1 amide bonds. The molecule has 0 N–H and O–H groups in total. The molecule has 0 atom stereocenters. The molecule has 1 aliphatic rings. The Hall–Kier alpha value is -2.43. The van der Waals surface area contributed by atoms with E-state index in [9.17, 15) is 13.2 Å². The SMILES string of the molecule is Cc1sc(-c2ccno2)cc1S(=O)(=O)N1CCN(C(=O)c2ccco2)CC1. The Labute approximate surface area is 160 Å². The normalized spacial score (nSPS) is 16.0. The van der Waals surface area contributed by atoms with Crippen molar-refractivity contribution in [1.82, 2.24) is 14.4 Å². The number of aromatic nitrogens is 1. The van der Waals surface area contributed by atoms with E-state index < -0.39 is 10.0 Å². The first kappa shape index (κ1) is 18.0. The summed E-state index contributed by atoms with van der Waals surface area (Å²) in [5.74, 6) is 0.575. The zero-order chi connectivity index (χ0) is 19.0. The minimum atomic E-state index is -3.65. The lowest BCUT2D eigenvalue weighted by atomic mass is 10.3. The Bertz CT molecular complexity index is 1030. The van der Waals surface area contributed by atoms with Gasteiger partial charge in [0, 0.05) is 37.1 Å². The Balaban J connectivity index is 1.50. The van der Waals surface area contributed by atoms with Crippen molar-refractivity contribution >= 4 is 27.3 Å². The molecule has 0 spiro atoms. The number of thiophene rings is 1. The molecule has 4 rings (SSSR count). The summed E-state index contributed by atoms with van der Waals surface area (Å²) in [7, 11) is -3.65. The molecule has 8 nitrogen and oxygen atoms in total. The van der Waals surface area contributed by atoms with Crippen LogP contribution in [0.3, 0.4) is 0 Å². The number of nitrogens with zero attached hydrogens (tertiary/aromatic N) is 3. The van der Waals surface area contributed by atoms with Crippen molar-refractivity contribution in [1.29, 1.82) is 0 Å². The van der Waals surface area contributed by atoms with Crippen LogP contribution in [0.25, 0.3) is 10.6 Å². The van der Waals surface area contributed by atoms with Crippen LogP contribution in [-0.2, 0) is 10.0 Å². The Morgan fingerprint density at radius 1 is 1.22 bits per heavy atom. The number of piperazine rings is 1. The highest BCUT2D eigenvalue weighted by Gasteiger charge is 2.33. The van der Waals surface area contributed by atoms with Crippen LogP contribution in [0.1, 0.15) is 15.4 Å². The fourth-order valence-electron chi connectivity index (χ4n) is 3.01. The standard InChI is InChI=1S/C17H17N3O5S2/c1-12-16(11-15(26-12)13-4-5-18-25-13)27(22,23)20-8-6-19(7-9-20)17(21)14-3-2-10-24-14/h2-5,10-11H,6-9H2,1H3. The van der Waals surface area contributed by atoms with E-state index in [0.29, 0.717) is 23.7 Å². The van der Waals surface area contributed by atoms with Crippen LogP contribution in [-0.4, -0.2) is 54.9 Å². The summed E-state index contributed by atoms with van der Waals surface area (Å²) in [5, 5.41) is 3.66. The molecule has 0 bridgehead atoms. The van der Waals surface area contributed by atoms with Crippen LogP contribution in [0, 0.1) is 6.92 Å². The molecule has 1 saturated heterocycles. The predicted octanol–water partition coefficient (Wildman–Crippen LogP) is 2.45. The maximum atomic E-state index is 13.1. The van der Waals surface area contributed by atoms with Gasteiger partial charge in [-0.1, -0.05) is 5.16 Å². The van der Waals surface area contributed by atoms with Crippen LogP contribution in [0.4, 0.5) is 0 Å². The van der Waals surface area contributed by atoms with Crippen molar-refractivity contribution in [2.45, 2.75) is 11.8 Å². The zero-order valence-corrected chi connectivity index (χ0v) is 16.1. The molecular formula is C17H17N3O5S2. The third-order valence-electron chi connectivity index (χ3n) is 4.43. The van der Waals surface area contributed by atoms with E-state index in [-0.39, 0.29) is 29.7 Å². The lowest BCUT2D eigenvalue weighted by molar-refractivity contribution is 0.0666. The number of carbonyl (C=O) groups excluding carboxylic acids is 1. The molecule has 1 fully saturated rings. The van der Waals surface area contributed by atoms with Crippen LogP contribution < -0.4 is 0 Å². The molecule has 3 aromatic heterocycles. The number of sulfonamides is 1. The summed E-state index contributed by atoms with van der Waals surface area (Å²) < 4.78 is 37.8. The molecule has 4 heterocycles. The van der Waals surface area contributed by atoms with Gasteiger partial charge in [-0.15, -0.1) is 11.3 Å². The average Bonchev–Trinajstić information content (AvgIpc) is 3.42. The van der Waals surface area contributed by atoms with Gasteiger partial charge in [0.1, 0.15) is 0 Å². The first-order chi connectivity index (χ1) is 13.0. The number of aryl methyl sites for hydroxylation is 1. The second kappa shape index (κ2) is 6.95. The summed E-state index contributed by atoms with van der Waals surface area (Å²) in [5.41, 5.74) is 0. The lowest BCUT2D eigenvalue weighted by Gasteiger charge is -2.33. The number of hydrogen-bond donors (Lipinski definition) is 0. The van der Waals surface area contributed by atoms with E-state index in [1.165, 1.54) is 28.1 Å². The van der Waals surface area contributed by atoms with E-state index in [2.05, 4.69) is 5.16 Å². The monoisotopic (exact) mass is 407 g/mol. The van der Waals surface area contributed by atoms with Gasteiger partial charge in [0.05, 0.1) is 22.2 Å². The number of furan rings is 1. The third-order valence-corrected chi connectivity index (χ3v) is 7.65. The molecular weight excluding hydrogens is 390 g/mol. The fourth-order valence-corrected chi connectivity index (χ4v) is 5.95. The number of amides is 1. The summed E-state index contributed by atoms with van der Waals surface area (Å²) in [6.45, 7) is 2.88. The van der Waals surface area contributed by atoms with Gasteiger partial charge in [-0.2, -0.15) is 4.31 Å². The lowest BCUT2D eigenvalue weighted by Crippen LogP contribution is -2.50. The Morgan fingerprint density at radius 3 is 2.63 bits per heavy atom. The van der Waals surface area contributed by atoms with Crippen LogP contribution in [0.2, 0.25) is 0 Å². The number of rotatable bonds is 4. The molecule has 0 radical (unpaired) electrons. The average molecular weight is 407 g/mol. The van der Waals surface area contributed by atoms with Crippen molar-refractivity contribution in [2.24, 2.45) is 0 Å². The topological polar surface area (TPSA) is 96.9 Å². The highest BCUT2D eigenvalue weighted by molar-refractivity contribution is 7.89. The molecule has 0 saturated carbocycles. The summed E-state index contributed by atoms with van der Waals surface area (Å²) in [4.78, 5) is 15.6. The van der Waals surface area contributed by atoms with Crippen molar-refractivity contribution in [3.8, 4) is 10.6 Å². The smallest absolute Gasteiger partial charge is 0.289 e. The second-order valence-corrected chi connectivity index (χ2v) is 9.24. The van der Waals surface area contributed by atoms with Gasteiger partial charge in [0.2, 0.25) is 10.0 Å². The summed E-state index contributed by atoms with van der Waals surface area (Å²) in [6, 6.07) is 6.57. The van der Waals surface area contributed by atoms with E-state index in [1.54, 1.807) is 36.1 Å². The molecule has 0 unspecified atom stereocenters. The van der Waals surface area contributed by atoms with Gasteiger partial charge in [-0.05, 0) is 25.1 Å². The highest BCUT2D eigenvalue weighted by Crippen LogP contribution is 2.35. The van der Waals surface area contributed by atoms with Gasteiger partial charge >= 0.3 is 0 Å². The predicted molar refractivity (Wildman–Crippen MR) is 97.9 cm³/mol. The van der Waals surface area contributed by atoms with Crippen LogP contribution in [0.5, 0.6) is 0 Å². The molecule has 142 valence electrons. The maximum Gasteiger partial charge on any atom is 0.289 e. The van der Waals surface area contributed by atoms with E-state index in [0.717, 1.165) is 4.88 Å². The molecule has 3 aromatic rings. The number of carbonyl (C=O) groups is 1. The molecule has 0 aromatic carbocycles. The van der Waals surface area contributed by atoms with Gasteiger partial charge in [-0.25, -0.2) is 8.42 Å². The first-order valence-electron chi connectivity index (χ1n) is 8.31. The van der Waals surface area contributed by atoms with E-state index in [1.807, 2.05) is 0 Å². The first-order valence-corrected chi connectivity index (χ1v) is 10.6. The Kier molecular flexibility index (Phi) is 4.62. The minimum absolute atomic E-state index is 0.226. The molecule has 10 heteroatoms. The minimum Gasteiger partial charge on any atom is -0.459 e.